The Morgan fingerprint density at radius 3 is 2.55 bits per heavy atom. The molecule has 2 aliphatic heterocycles. The van der Waals surface area contributed by atoms with E-state index in [1.54, 1.807) is 7.05 Å². The van der Waals surface area contributed by atoms with E-state index >= 15 is 8.78 Å². The standard InChI is InChI=1S/C37H33F5N6O5/c1-46-16-23-31(24(37(40,41)42)15-27-32(23)44-29(18-52-3)47(27)2)21-6-5-10-48-28(14-22(34(21)48)36(46)51)35(50)19-12-25(38)33(26(39)13-19)45-30(49)7-4-9-43-20-8-11-53-17-20/h4-7,10,12-15,20,43H,8-9,11,16-18H2,1-3H3,(H,45,49)/b7-4+/t20-/m0/s1. The molecule has 5 heterocycles. The van der Waals surface area contributed by atoms with Crippen molar-refractivity contribution in [3.05, 3.63) is 100 Å². The third kappa shape index (κ3) is 6.46. The number of aryl methyl sites for hydroxylation is 1. The summed E-state index contributed by atoms with van der Waals surface area (Å²) in [6, 6.07) is 6.70. The molecule has 5 aromatic rings. The van der Waals surface area contributed by atoms with E-state index in [1.165, 1.54) is 58.5 Å². The minimum atomic E-state index is -4.84. The lowest BCUT2D eigenvalue weighted by Gasteiger charge is -2.26. The molecule has 3 aromatic heterocycles. The van der Waals surface area contributed by atoms with Crippen molar-refractivity contribution in [2.24, 2.45) is 7.05 Å². The smallest absolute Gasteiger partial charge is 0.380 e. The molecule has 1 saturated heterocycles. The number of nitrogens with zero attached hydrogens (tertiary/aromatic N) is 4. The molecule has 11 nitrogen and oxygen atoms in total. The van der Waals surface area contributed by atoms with E-state index < -0.39 is 52.2 Å². The van der Waals surface area contributed by atoms with Gasteiger partial charge in [-0.2, -0.15) is 13.2 Å². The fourth-order valence-corrected chi connectivity index (χ4v) is 6.93. The number of fused-ring (bicyclic) bond motifs is 4. The van der Waals surface area contributed by atoms with E-state index in [1.807, 2.05) is 0 Å². The summed E-state index contributed by atoms with van der Waals surface area (Å²) in [5.41, 5.74) is -2.13. The Labute approximate surface area is 299 Å². The molecule has 2 aliphatic rings. The maximum Gasteiger partial charge on any atom is 0.417 e. The van der Waals surface area contributed by atoms with Gasteiger partial charge in [0.25, 0.3) is 5.91 Å². The second-order valence-electron chi connectivity index (χ2n) is 12.9. The number of alkyl halides is 3. The molecular weight excluding hydrogens is 703 g/mol. The van der Waals surface area contributed by atoms with Crippen molar-refractivity contribution < 1.29 is 45.8 Å². The zero-order valence-electron chi connectivity index (χ0n) is 28.7. The summed E-state index contributed by atoms with van der Waals surface area (Å²) in [6.45, 7) is 1.30. The van der Waals surface area contributed by atoms with Gasteiger partial charge in [0.15, 0.2) is 0 Å². The number of aromatic nitrogens is 3. The van der Waals surface area contributed by atoms with Crippen LogP contribution in [0, 0.1) is 11.6 Å². The van der Waals surface area contributed by atoms with Gasteiger partial charge >= 0.3 is 6.18 Å². The molecule has 0 saturated carbocycles. The van der Waals surface area contributed by atoms with Gasteiger partial charge in [-0.15, -0.1) is 0 Å². The number of pyridine rings is 1. The van der Waals surface area contributed by atoms with Crippen LogP contribution in [0.5, 0.6) is 0 Å². The maximum absolute atomic E-state index is 15.3. The number of hydrogen-bond donors (Lipinski definition) is 2. The van der Waals surface area contributed by atoms with Crippen molar-refractivity contribution in [1.82, 2.24) is 24.2 Å². The number of ketones is 1. The molecule has 0 unspecified atom stereocenters. The number of carbonyl (C=O) groups is 3. The molecule has 16 heteroatoms. The van der Waals surface area contributed by atoms with E-state index in [2.05, 4.69) is 15.6 Å². The Morgan fingerprint density at radius 2 is 1.87 bits per heavy atom. The minimum Gasteiger partial charge on any atom is -0.380 e. The molecule has 0 spiro atoms. The van der Waals surface area contributed by atoms with Crippen LogP contribution in [0.1, 0.15) is 49.8 Å². The Balaban J connectivity index is 1.29. The van der Waals surface area contributed by atoms with Crippen molar-refractivity contribution in [2.45, 2.75) is 31.8 Å². The number of halogens is 5. The predicted octanol–water partition coefficient (Wildman–Crippen LogP) is 5.63. The highest BCUT2D eigenvalue weighted by atomic mass is 19.4. The van der Waals surface area contributed by atoms with E-state index in [-0.39, 0.29) is 63.7 Å². The molecule has 7 rings (SSSR count). The molecule has 2 amide bonds. The third-order valence-electron chi connectivity index (χ3n) is 9.49. The molecule has 1 fully saturated rings. The second kappa shape index (κ2) is 13.8. The van der Waals surface area contributed by atoms with Crippen molar-refractivity contribution in [3.63, 3.8) is 0 Å². The van der Waals surface area contributed by atoms with Gasteiger partial charge < -0.3 is 34.0 Å². The first-order valence-corrected chi connectivity index (χ1v) is 16.6. The Bertz CT molecular complexity index is 2320. The summed E-state index contributed by atoms with van der Waals surface area (Å²) >= 11 is 0. The van der Waals surface area contributed by atoms with Crippen LogP contribution in [0.15, 0.2) is 54.7 Å². The number of carbonyl (C=O) groups excluding carboxylic acids is 3. The van der Waals surface area contributed by atoms with Gasteiger partial charge in [-0.25, -0.2) is 13.8 Å². The van der Waals surface area contributed by atoms with E-state index in [4.69, 9.17) is 9.47 Å². The average Bonchev–Trinajstić information content (AvgIpc) is 3.85. The summed E-state index contributed by atoms with van der Waals surface area (Å²) in [4.78, 5) is 46.1. The van der Waals surface area contributed by atoms with Crippen LogP contribution < -0.4 is 10.6 Å². The molecule has 0 radical (unpaired) electrons. The van der Waals surface area contributed by atoms with Crippen LogP contribution in [-0.4, -0.2) is 76.4 Å². The summed E-state index contributed by atoms with van der Waals surface area (Å²) in [6.07, 6.45) is -0.0142. The maximum atomic E-state index is 15.3. The molecule has 53 heavy (non-hydrogen) atoms. The van der Waals surface area contributed by atoms with Crippen LogP contribution in [-0.2, 0) is 40.6 Å². The first-order chi connectivity index (χ1) is 25.3. The lowest BCUT2D eigenvalue weighted by Crippen LogP contribution is -2.29. The van der Waals surface area contributed by atoms with Crippen LogP contribution in [0.3, 0.4) is 0 Å². The lowest BCUT2D eigenvalue weighted by molar-refractivity contribution is -0.137. The zero-order valence-corrected chi connectivity index (χ0v) is 28.7. The van der Waals surface area contributed by atoms with Crippen molar-refractivity contribution in [1.29, 1.82) is 0 Å². The van der Waals surface area contributed by atoms with E-state index in [9.17, 15) is 27.6 Å². The zero-order chi connectivity index (χ0) is 37.8. The largest absolute Gasteiger partial charge is 0.417 e. The molecular formula is C37H33F5N6O5. The SMILES string of the molecule is COCc1nc2c3c(c(C(F)(F)F)cc2n1C)-c1cccn2c(C(=O)c4cc(F)c(NC(=O)/C=C/CN[C@H]5CCOC5)c(F)c4)cc(c12)C(=O)N(C)C3. The Hall–Kier alpha value is -5.45. The highest BCUT2D eigenvalue weighted by Crippen LogP contribution is 2.46. The van der Waals surface area contributed by atoms with Crippen LogP contribution >= 0.6 is 0 Å². The Kier molecular flexibility index (Phi) is 9.38. The quantitative estimate of drug-likeness (QED) is 0.115. The van der Waals surface area contributed by atoms with Gasteiger partial charge in [-0.05, 0) is 36.8 Å². The highest BCUT2D eigenvalue weighted by molar-refractivity contribution is 6.14. The van der Waals surface area contributed by atoms with Crippen molar-refractivity contribution >= 4 is 39.8 Å². The summed E-state index contributed by atoms with van der Waals surface area (Å²) < 4.78 is 88.6. The lowest BCUT2D eigenvalue weighted by atomic mass is 9.90. The molecule has 0 aliphatic carbocycles. The minimum absolute atomic E-state index is 0.00175. The fourth-order valence-electron chi connectivity index (χ4n) is 6.93. The molecule has 1 atom stereocenters. The number of hydrogen-bond acceptors (Lipinski definition) is 7. The molecule has 0 bridgehead atoms. The van der Waals surface area contributed by atoms with E-state index in [0.29, 0.717) is 25.6 Å². The molecule has 2 N–H and O–H groups in total. The summed E-state index contributed by atoms with van der Waals surface area (Å²) in [7, 11) is 4.44. The van der Waals surface area contributed by atoms with Crippen LogP contribution in [0.25, 0.3) is 27.7 Å². The predicted molar refractivity (Wildman–Crippen MR) is 183 cm³/mol. The van der Waals surface area contributed by atoms with Crippen molar-refractivity contribution in [2.75, 3.05) is 39.2 Å². The number of rotatable bonds is 9. The number of ether oxygens (including phenoxy) is 2. The normalized spacial score (nSPS) is 16.1. The Morgan fingerprint density at radius 1 is 1.11 bits per heavy atom. The third-order valence-corrected chi connectivity index (χ3v) is 9.49. The topological polar surface area (TPSA) is 119 Å². The molecule has 2 aromatic carbocycles. The monoisotopic (exact) mass is 736 g/mol. The van der Waals surface area contributed by atoms with Gasteiger partial charge in [0.1, 0.15) is 29.8 Å². The number of amides is 2. The summed E-state index contributed by atoms with van der Waals surface area (Å²) in [5.74, 6) is -4.42. The second-order valence-corrected chi connectivity index (χ2v) is 12.9. The molecule has 276 valence electrons. The number of methoxy groups -OCH3 is 1. The van der Waals surface area contributed by atoms with Gasteiger partial charge in [0.05, 0.1) is 40.0 Å². The van der Waals surface area contributed by atoms with Gasteiger partial charge in [-0.1, -0.05) is 12.1 Å². The first-order valence-electron chi connectivity index (χ1n) is 16.6. The average molecular weight is 737 g/mol. The first kappa shape index (κ1) is 35.9. The highest BCUT2D eigenvalue weighted by Gasteiger charge is 2.39. The van der Waals surface area contributed by atoms with Gasteiger partial charge in [0, 0.05) is 81.5 Å². The fraction of sp³-hybridized carbons (Fsp3) is 0.297. The number of nitrogens with one attached hydrogen (secondary N) is 2. The summed E-state index contributed by atoms with van der Waals surface area (Å²) in [5, 5.41) is 5.31. The van der Waals surface area contributed by atoms with Crippen molar-refractivity contribution in [3.8, 4) is 11.1 Å². The van der Waals surface area contributed by atoms with Gasteiger partial charge in [0.2, 0.25) is 11.7 Å². The number of imidazole rings is 1. The van der Waals surface area contributed by atoms with Crippen LogP contribution in [0.4, 0.5) is 27.6 Å². The number of anilines is 1. The van der Waals surface area contributed by atoms with Crippen LogP contribution in [0.2, 0.25) is 0 Å². The number of benzene rings is 2. The van der Waals surface area contributed by atoms with E-state index in [0.717, 1.165) is 30.7 Å². The van der Waals surface area contributed by atoms with Gasteiger partial charge in [-0.3, -0.25) is 14.4 Å².